The highest BCUT2D eigenvalue weighted by Crippen LogP contribution is 2.03. The van der Waals surface area contributed by atoms with Crippen LogP contribution < -0.4 is 5.73 Å². The van der Waals surface area contributed by atoms with E-state index < -0.39 is 24.5 Å². The Labute approximate surface area is 109 Å². The van der Waals surface area contributed by atoms with E-state index in [1.54, 1.807) is 12.3 Å². The molecule has 106 valence electrons. The molecule has 0 aliphatic carbocycles. The molecule has 1 heterocycles. The molecule has 19 heavy (non-hydrogen) atoms. The van der Waals surface area contributed by atoms with Gasteiger partial charge in [0.25, 0.3) is 0 Å². The van der Waals surface area contributed by atoms with Crippen molar-refractivity contribution >= 4 is 17.8 Å². The zero-order valence-corrected chi connectivity index (χ0v) is 10.5. The number of nitrogens with two attached hydrogens (primary N) is 1. The van der Waals surface area contributed by atoms with Crippen LogP contribution in [0.1, 0.15) is 22.5 Å². The molecule has 1 amide bonds. The Morgan fingerprint density at radius 3 is 2.05 bits per heavy atom. The highest BCUT2D eigenvalue weighted by Gasteiger charge is 2.16. The third-order valence-corrected chi connectivity index (χ3v) is 2.19. The van der Waals surface area contributed by atoms with E-state index in [4.69, 9.17) is 21.1 Å². The van der Waals surface area contributed by atoms with E-state index in [-0.39, 0.29) is 5.91 Å². The fourth-order valence-electron chi connectivity index (χ4n) is 1.06. The summed E-state index contributed by atoms with van der Waals surface area (Å²) in [6.07, 6.45) is -0.824. The van der Waals surface area contributed by atoms with E-state index >= 15 is 0 Å². The molecule has 0 saturated carbocycles. The number of hydrogen-bond donors (Lipinski definition) is 4. The van der Waals surface area contributed by atoms with E-state index in [1.165, 1.54) is 0 Å². The van der Waals surface area contributed by atoms with Crippen LogP contribution in [-0.2, 0) is 16.6 Å². The van der Waals surface area contributed by atoms with Gasteiger partial charge in [-0.2, -0.15) is 0 Å². The Kier molecular flexibility index (Phi) is 6.28. The summed E-state index contributed by atoms with van der Waals surface area (Å²) < 4.78 is 1.86. The summed E-state index contributed by atoms with van der Waals surface area (Å²) in [4.78, 5) is 30.0. The summed E-state index contributed by atoms with van der Waals surface area (Å²) in [5.74, 6) is -3.22. The molecule has 1 rings (SSSR count). The Morgan fingerprint density at radius 2 is 1.89 bits per heavy atom. The Bertz CT molecular complexity index is 460. The minimum absolute atomic E-state index is 0.372. The lowest BCUT2D eigenvalue weighted by Crippen LogP contribution is -2.22. The maximum absolute atomic E-state index is 10.6. The first-order valence-electron chi connectivity index (χ1n) is 5.20. The number of carboxylic acids is 2. The van der Waals surface area contributed by atoms with Gasteiger partial charge in [-0.15, -0.1) is 0 Å². The number of nitrogens with zero attached hydrogens (tertiary/aromatic N) is 1. The Hall–Kier alpha value is -2.35. The molecule has 1 aromatic heterocycles. The highest BCUT2D eigenvalue weighted by atomic mass is 16.4. The van der Waals surface area contributed by atoms with Crippen LogP contribution in [0.2, 0.25) is 0 Å². The van der Waals surface area contributed by atoms with Crippen molar-refractivity contribution in [2.75, 3.05) is 0 Å². The molecule has 5 N–H and O–H groups in total. The molecule has 0 aliphatic rings. The number of carbonyl (C=O) groups excluding carboxylic acids is 1. The number of carbonyl (C=O) groups is 3. The van der Waals surface area contributed by atoms with Crippen LogP contribution in [0.4, 0.5) is 0 Å². The summed E-state index contributed by atoms with van der Waals surface area (Å²) in [6.45, 7) is 1.92. The summed E-state index contributed by atoms with van der Waals surface area (Å²) in [5.41, 5.74) is 6.65. The van der Waals surface area contributed by atoms with Crippen molar-refractivity contribution < 1.29 is 29.7 Å². The number of primary amides is 1. The van der Waals surface area contributed by atoms with E-state index in [1.807, 2.05) is 18.5 Å². The molecular weight excluding hydrogens is 256 g/mol. The van der Waals surface area contributed by atoms with Crippen molar-refractivity contribution in [2.24, 2.45) is 12.8 Å². The lowest BCUT2D eigenvalue weighted by atomic mass is 10.3. The highest BCUT2D eigenvalue weighted by molar-refractivity contribution is 5.92. The van der Waals surface area contributed by atoms with Crippen molar-refractivity contribution in [2.45, 2.75) is 19.4 Å². The normalized spacial score (nSPS) is 11.1. The first kappa shape index (κ1) is 16.6. The number of rotatable bonds is 4. The molecule has 0 saturated heterocycles. The molecule has 8 nitrogen and oxygen atoms in total. The molecule has 0 fully saturated rings. The molecule has 8 heteroatoms. The second kappa shape index (κ2) is 7.17. The second-order valence-electron chi connectivity index (χ2n) is 3.80. The van der Waals surface area contributed by atoms with Crippen molar-refractivity contribution in [1.82, 2.24) is 4.57 Å². The minimum Gasteiger partial charge on any atom is -0.481 e. The molecule has 1 atom stereocenters. The van der Waals surface area contributed by atoms with Gasteiger partial charge in [0, 0.05) is 18.9 Å². The topological polar surface area (TPSA) is 143 Å². The number of carboxylic acid groups (broad SMARTS) is 2. The van der Waals surface area contributed by atoms with Crippen LogP contribution in [0, 0.1) is 6.92 Å². The van der Waals surface area contributed by atoms with Crippen molar-refractivity contribution in [3.63, 3.8) is 0 Å². The number of amides is 1. The number of aryl methyl sites for hydroxylation is 2. The first-order valence-corrected chi connectivity index (χ1v) is 5.20. The van der Waals surface area contributed by atoms with E-state index in [2.05, 4.69) is 0 Å². The number of aliphatic carboxylic acids is 2. The first-order chi connectivity index (χ1) is 8.65. The Balaban J connectivity index is 0.000000344. The lowest BCUT2D eigenvalue weighted by molar-refractivity contribution is -0.152. The quantitative estimate of drug-likeness (QED) is 0.573. The molecule has 1 unspecified atom stereocenters. The van der Waals surface area contributed by atoms with Gasteiger partial charge >= 0.3 is 11.9 Å². The number of aliphatic hydroxyl groups excluding tert-OH is 1. The van der Waals surface area contributed by atoms with Gasteiger partial charge in [0.05, 0.1) is 12.0 Å². The zero-order chi connectivity index (χ0) is 15.2. The van der Waals surface area contributed by atoms with E-state index in [0.29, 0.717) is 5.56 Å². The Morgan fingerprint density at radius 1 is 1.37 bits per heavy atom. The summed E-state index contributed by atoms with van der Waals surface area (Å²) in [7, 11) is 1.88. The fourth-order valence-corrected chi connectivity index (χ4v) is 1.06. The van der Waals surface area contributed by atoms with Crippen LogP contribution in [0.5, 0.6) is 0 Å². The molecule has 1 aromatic rings. The van der Waals surface area contributed by atoms with Crippen LogP contribution >= 0.6 is 0 Å². The third-order valence-electron chi connectivity index (χ3n) is 2.19. The van der Waals surface area contributed by atoms with Crippen molar-refractivity contribution in [3.05, 3.63) is 23.5 Å². The molecule has 0 aromatic carbocycles. The van der Waals surface area contributed by atoms with Crippen molar-refractivity contribution in [3.8, 4) is 0 Å². The third kappa shape index (κ3) is 6.22. The van der Waals surface area contributed by atoms with Gasteiger partial charge in [-0.3, -0.25) is 9.59 Å². The largest absolute Gasteiger partial charge is 0.481 e. The summed E-state index contributed by atoms with van der Waals surface area (Å²) in [5, 5.41) is 24.1. The second-order valence-corrected chi connectivity index (χ2v) is 3.80. The predicted molar refractivity (Wildman–Crippen MR) is 64.6 cm³/mol. The van der Waals surface area contributed by atoms with Crippen molar-refractivity contribution in [1.29, 1.82) is 0 Å². The lowest BCUT2D eigenvalue weighted by Gasteiger charge is -1.97. The van der Waals surface area contributed by atoms with Gasteiger partial charge < -0.3 is 25.6 Å². The number of hydrogen-bond acceptors (Lipinski definition) is 4. The monoisotopic (exact) mass is 272 g/mol. The minimum atomic E-state index is -1.79. The van der Waals surface area contributed by atoms with Crippen LogP contribution in [0.25, 0.3) is 0 Å². The summed E-state index contributed by atoms with van der Waals surface area (Å²) >= 11 is 0. The number of aliphatic hydroxyl groups is 1. The zero-order valence-electron chi connectivity index (χ0n) is 10.5. The van der Waals surface area contributed by atoms with Gasteiger partial charge in [-0.25, -0.2) is 4.79 Å². The van der Waals surface area contributed by atoms with Gasteiger partial charge in [0.1, 0.15) is 0 Å². The molecular formula is C11H16N2O6. The van der Waals surface area contributed by atoms with Crippen LogP contribution in [-0.4, -0.2) is 43.8 Å². The molecule has 0 radical (unpaired) electrons. The van der Waals surface area contributed by atoms with E-state index in [9.17, 15) is 14.4 Å². The molecule has 0 spiro atoms. The van der Waals surface area contributed by atoms with Gasteiger partial charge in [0.15, 0.2) is 6.10 Å². The molecule has 0 aliphatic heterocycles. The average molecular weight is 272 g/mol. The van der Waals surface area contributed by atoms with Gasteiger partial charge in [-0.1, -0.05) is 0 Å². The average Bonchev–Trinajstić information content (AvgIpc) is 2.59. The van der Waals surface area contributed by atoms with Gasteiger partial charge in [0.2, 0.25) is 5.91 Å². The fraction of sp³-hybridized carbons (Fsp3) is 0.364. The predicted octanol–water partition coefficient (Wildman–Crippen LogP) is -0.661. The number of aromatic nitrogens is 1. The smallest absolute Gasteiger partial charge is 0.333 e. The van der Waals surface area contributed by atoms with Gasteiger partial charge in [-0.05, 0) is 13.0 Å². The standard InChI is InChI=1S/C7H10N2O.C4H6O5/c1-5-3-6(7(8)10)4-9(5)2;5-2(4(8)9)1-3(6)7/h3-4H,1-2H3,(H2,8,10);2,5H,1H2,(H,6,7)(H,8,9). The maximum atomic E-state index is 10.6. The SMILES string of the molecule is Cc1cc(C(N)=O)cn1C.O=C(O)CC(O)C(=O)O. The van der Waals surface area contributed by atoms with Crippen LogP contribution in [0.3, 0.4) is 0 Å². The maximum Gasteiger partial charge on any atom is 0.333 e. The van der Waals surface area contributed by atoms with E-state index in [0.717, 1.165) is 5.69 Å². The molecule has 0 bridgehead atoms. The van der Waals surface area contributed by atoms with Crippen LogP contribution in [0.15, 0.2) is 12.3 Å². The summed E-state index contributed by atoms with van der Waals surface area (Å²) in [6, 6.07) is 1.77.